The van der Waals surface area contributed by atoms with E-state index < -0.39 is 0 Å². The molecule has 0 spiro atoms. The molecule has 1 heterocycles. The van der Waals surface area contributed by atoms with Crippen molar-refractivity contribution in [3.63, 3.8) is 0 Å². The van der Waals surface area contributed by atoms with Crippen LogP contribution in [0.1, 0.15) is 12.5 Å². The van der Waals surface area contributed by atoms with Gasteiger partial charge < -0.3 is 14.9 Å². The summed E-state index contributed by atoms with van der Waals surface area (Å²) in [6.07, 6.45) is 0.286. The Hall–Kier alpha value is -2.04. The number of rotatable bonds is 2. The first-order valence-electron chi connectivity index (χ1n) is 6.37. The fourth-order valence-corrected chi connectivity index (χ4v) is 2.22. The molecule has 0 radical (unpaired) electrons. The number of amides is 2. The van der Waals surface area contributed by atoms with Crippen molar-refractivity contribution in [1.82, 2.24) is 9.80 Å². The number of aromatic hydroxyl groups is 1. The minimum Gasteiger partial charge on any atom is -0.508 e. The van der Waals surface area contributed by atoms with E-state index in [-0.39, 0.29) is 24.0 Å². The molecule has 2 amide bonds. The highest BCUT2D eigenvalue weighted by molar-refractivity contribution is 5.79. The molecular weight excluding hydrogens is 244 g/mol. The summed E-state index contributed by atoms with van der Waals surface area (Å²) >= 11 is 0. The molecule has 0 atom stereocenters. The first kappa shape index (κ1) is 13.4. The second-order valence-corrected chi connectivity index (χ2v) is 4.73. The van der Waals surface area contributed by atoms with Crippen molar-refractivity contribution in [2.24, 2.45) is 0 Å². The molecule has 0 unspecified atom stereocenters. The highest BCUT2D eigenvalue weighted by atomic mass is 16.3. The molecule has 0 saturated carbocycles. The summed E-state index contributed by atoms with van der Waals surface area (Å²) in [5.74, 6) is 0.264. The average Bonchev–Trinajstić information content (AvgIpc) is 2.39. The van der Waals surface area contributed by atoms with Crippen molar-refractivity contribution in [1.29, 1.82) is 0 Å². The van der Waals surface area contributed by atoms with Gasteiger partial charge in [-0.15, -0.1) is 0 Å². The van der Waals surface area contributed by atoms with E-state index in [9.17, 15) is 14.7 Å². The van der Waals surface area contributed by atoms with Crippen LogP contribution in [0.2, 0.25) is 0 Å². The normalized spacial score (nSPS) is 15.4. The largest absolute Gasteiger partial charge is 0.508 e. The molecule has 5 nitrogen and oxygen atoms in total. The Balaban J connectivity index is 1.90. The van der Waals surface area contributed by atoms with Crippen LogP contribution in [0.15, 0.2) is 24.3 Å². The number of hydrogen-bond donors (Lipinski definition) is 1. The second-order valence-electron chi connectivity index (χ2n) is 4.73. The van der Waals surface area contributed by atoms with Crippen molar-refractivity contribution in [2.75, 3.05) is 26.2 Å². The fraction of sp³-hybridized carbons (Fsp3) is 0.429. The SMILES string of the molecule is CC(=O)N1CCN(C(=O)Cc2cccc(O)c2)CC1. The lowest BCUT2D eigenvalue weighted by Gasteiger charge is -2.34. The summed E-state index contributed by atoms with van der Waals surface area (Å²) in [4.78, 5) is 26.8. The van der Waals surface area contributed by atoms with Crippen molar-refractivity contribution < 1.29 is 14.7 Å². The smallest absolute Gasteiger partial charge is 0.227 e. The molecule has 102 valence electrons. The molecule has 0 aliphatic carbocycles. The summed E-state index contributed by atoms with van der Waals surface area (Å²) in [5, 5.41) is 9.36. The van der Waals surface area contributed by atoms with Gasteiger partial charge in [0.15, 0.2) is 0 Å². The summed E-state index contributed by atoms with van der Waals surface area (Å²) < 4.78 is 0. The number of hydrogen-bond acceptors (Lipinski definition) is 3. The maximum atomic E-state index is 12.1. The molecule has 5 heteroatoms. The lowest BCUT2D eigenvalue weighted by Crippen LogP contribution is -2.50. The van der Waals surface area contributed by atoms with Crippen LogP contribution in [0.25, 0.3) is 0 Å². The molecule has 0 bridgehead atoms. The third kappa shape index (κ3) is 3.47. The Kier molecular flexibility index (Phi) is 4.04. The quantitative estimate of drug-likeness (QED) is 0.850. The van der Waals surface area contributed by atoms with Gasteiger partial charge in [-0.3, -0.25) is 9.59 Å². The van der Waals surface area contributed by atoms with E-state index in [0.717, 1.165) is 5.56 Å². The standard InChI is InChI=1S/C14H18N2O3/c1-11(17)15-5-7-16(8-6-15)14(19)10-12-3-2-4-13(18)9-12/h2-4,9,18H,5-8,10H2,1H3. The first-order chi connectivity index (χ1) is 9.06. The molecule has 1 aliphatic heterocycles. The molecule has 1 aromatic carbocycles. The monoisotopic (exact) mass is 262 g/mol. The van der Waals surface area contributed by atoms with Crippen LogP contribution in [0.5, 0.6) is 5.75 Å². The topological polar surface area (TPSA) is 60.9 Å². The van der Waals surface area contributed by atoms with E-state index in [4.69, 9.17) is 0 Å². The van der Waals surface area contributed by atoms with Gasteiger partial charge in [-0.2, -0.15) is 0 Å². The van der Waals surface area contributed by atoms with Gasteiger partial charge in [-0.1, -0.05) is 12.1 Å². The molecular formula is C14H18N2O3. The number of phenolic OH excluding ortho intramolecular Hbond substituents is 1. The van der Waals surface area contributed by atoms with E-state index >= 15 is 0 Å². The zero-order chi connectivity index (χ0) is 13.8. The van der Waals surface area contributed by atoms with E-state index in [0.29, 0.717) is 26.2 Å². The van der Waals surface area contributed by atoms with Crippen molar-refractivity contribution >= 4 is 11.8 Å². The number of nitrogens with zero attached hydrogens (tertiary/aromatic N) is 2. The van der Waals surface area contributed by atoms with Crippen LogP contribution in [0, 0.1) is 0 Å². The summed E-state index contributed by atoms with van der Waals surface area (Å²) in [6, 6.07) is 6.73. The molecule has 2 rings (SSSR count). The van der Waals surface area contributed by atoms with E-state index in [2.05, 4.69) is 0 Å². The van der Waals surface area contributed by atoms with Crippen LogP contribution >= 0.6 is 0 Å². The third-order valence-corrected chi connectivity index (χ3v) is 3.34. The number of carbonyl (C=O) groups is 2. The maximum Gasteiger partial charge on any atom is 0.227 e. The van der Waals surface area contributed by atoms with Gasteiger partial charge in [0, 0.05) is 33.1 Å². The average molecular weight is 262 g/mol. The number of phenols is 1. The Morgan fingerprint density at radius 1 is 1.16 bits per heavy atom. The Labute approximate surface area is 112 Å². The maximum absolute atomic E-state index is 12.1. The molecule has 0 aromatic heterocycles. The van der Waals surface area contributed by atoms with Crippen molar-refractivity contribution in [3.8, 4) is 5.75 Å². The van der Waals surface area contributed by atoms with Gasteiger partial charge in [0.2, 0.25) is 11.8 Å². The molecule has 1 aromatic rings. The van der Waals surface area contributed by atoms with Gasteiger partial charge in [0.25, 0.3) is 0 Å². The fourth-order valence-electron chi connectivity index (χ4n) is 2.22. The van der Waals surface area contributed by atoms with E-state index in [1.54, 1.807) is 34.9 Å². The Morgan fingerprint density at radius 3 is 2.37 bits per heavy atom. The zero-order valence-electron chi connectivity index (χ0n) is 11.0. The first-order valence-corrected chi connectivity index (χ1v) is 6.37. The molecule has 1 saturated heterocycles. The van der Waals surface area contributed by atoms with E-state index in [1.165, 1.54) is 0 Å². The summed E-state index contributed by atoms with van der Waals surface area (Å²) in [6.45, 7) is 3.90. The van der Waals surface area contributed by atoms with Gasteiger partial charge in [-0.05, 0) is 17.7 Å². The molecule has 1 fully saturated rings. The highest BCUT2D eigenvalue weighted by Crippen LogP contribution is 2.13. The number of piperazine rings is 1. The second kappa shape index (κ2) is 5.73. The lowest BCUT2D eigenvalue weighted by atomic mass is 10.1. The minimum atomic E-state index is 0.0359. The number of carbonyl (C=O) groups excluding carboxylic acids is 2. The summed E-state index contributed by atoms with van der Waals surface area (Å²) in [5.41, 5.74) is 0.805. The van der Waals surface area contributed by atoms with Crippen molar-refractivity contribution in [3.05, 3.63) is 29.8 Å². The highest BCUT2D eigenvalue weighted by Gasteiger charge is 2.22. The predicted molar refractivity (Wildman–Crippen MR) is 70.6 cm³/mol. The minimum absolute atomic E-state index is 0.0359. The van der Waals surface area contributed by atoms with E-state index in [1.807, 2.05) is 6.07 Å². The molecule has 1 N–H and O–H groups in total. The Bertz CT molecular complexity index is 479. The van der Waals surface area contributed by atoms with Gasteiger partial charge >= 0.3 is 0 Å². The van der Waals surface area contributed by atoms with Gasteiger partial charge in [0.05, 0.1) is 6.42 Å². The van der Waals surface area contributed by atoms with Gasteiger partial charge in [-0.25, -0.2) is 0 Å². The van der Waals surface area contributed by atoms with Crippen molar-refractivity contribution in [2.45, 2.75) is 13.3 Å². The Morgan fingerprint density at radius 2 is 1.79 bits per heavy atom. The summed E-state index contributed by atoms with van der Waals surface area (Å²) in [7, 11) is 0. The number of benzene rings is 1. The lowest BCUT2D eigenvalue weighted by molar-refractivity contribution is -0.138. The van der Waals surface area contributed by atoms with Crippen LogP contribution < -0.4 is 0 Å². The van der Waals surface area contributed by atoms with Gasteiger partial charge in [0.1, 0.15) is 5.75 Å². The van der Waals surface area contributed by atoms with Crippen LogP contribution in [-0.4, -0.2) is 52.9 Å². The third-order valence-electron chi connectivity index (χ3n) is 3.34. The zero-order valence-corrected chi connectivity index (χ0v) is 11.0. The molecule has 19 heavy (non-hydrogen) atoms. The van der Waals surface area contributed by atoms with Crippen LogP contribution in [0.3, 0.4) is 0 Å². The molecule has 1 aliphatic rings. The van der Waals surface area contributed by atoms with Crippen LogP contribution in [0.4, 0.5) is 0 Å². The predicted octanol–water partition coefficient (Wildman–Crippen LogP) is 0.625. The van der Waals surface area contributed by atoms with Crippen LogP contribution in [-0.2, 0) is 16.0 Å².